The number of rotatable bonds is 5. The molecule has 2 N–H and O–H groups in total. The number of hydrogen-bond acceptors (Lipinski definition) is 3. The summed E-state index contributed by atoms with van der Waals surface area (Å²) in [6.07, 6.45) is 2.50. The van der Waals surface area contributed by atoms with E-state index in [2.05, 4.69) is 36.2 Å². The second-order valence-corrected chi connectivity index (χ2v) is 4.93. The van der Waals surface area contributed by atoms with Crippen LogP contribution in [0.5, 0.6) is 0 Å². The molecule has 0 saturated carbocycles. The van der Waals surface area contributed by atoms with E-state index < -0.39 is 0 Å². The van der Waals surface area contributed by atoms with Gasteiger partial charge in [0.05, 0.1) is 0 Å². The monoisotopic (exact) mass is 202 g/mol. The van der Waals surface area contributed by atoms with Crippen molar-refractivity contribution < 1.29 is 0 Å². The number of nitrogens with one attached hydrogen (secondary N) is 2. The van der Waals surface area contributed by atoms with E-state index in [4.69, 9.17) is 0 Å². The lowest BCUT2D eigenvalue weighted by molar-refractivity contribution is 0.466. The van der Waals surface area contributed by atoms with Gasteiger partial charge in [-0.3, -0.25) is 0 Å². The summed E-state index contributed by atoms with van der Waals surface area (Å²) in [5, 5.41) is 7.08. The van der Waals surface area contributed by atoms with Gasteiger partial charge in [-0.1, -0.05) is 6.92 Å². The van der Waals surface area contributed by atoms with Crippen molar-refractivity contribution in [3.8, 4) is 0 Å². The van der Waals surface area contributed by atoms with Gasteiger partial charge < -0.3 is 10.6 Å². The molecule has 78 valence electrons. The van der Waals surface area contributed by atoms with Crippen molar-refractivity contribution in [2.24, 2.45) is 0 Å². The van der Waals surface area contributed by atoms with Crippen molar-refractivity contribution in [2.75, 3.05) is 24.6 Å². The molecule has 0 aliphatic carbocycles. The first-order chi connectivity index (χ1) is 6.33. The maximum absolute atomic E-state index is 3.55. The van der Waals surface area contributed by atoms with Crippen molar-refractivity contribution in [3.63, 3.8) is 0 Å². The maximum atomic E-state index is 3.55. The predicted octanol–water partition coefficient (Wildman–Crippen LogP) is 1.47. The fourth-order valence-corrected chi connectivity index (χ4v) is 2.45. The minimum atomic E-state index is 0.677. The Morgan fingerprint density at radius 3 is 3.08 bits per heavy atom. The van der Waals surface area contributed by atoms with Crippen molar-refractivity contribution in [2.45, 2.75) is 38.8 Å². The van der Waals surface area contributed by atoms with Crippen LogP contribution in [0.3, 0.4) is 0 Å². The molecule has 0 spiro atoms. The third-order valence-electron chi connectivity index (χ3n) is 2.60. The van der Waals surface area contributed by atoms with Crippen LogP contribution in [0.1, 0.15) is 26.7 Å². The van der Waals surface area contributed by atoms with Gasteiger partial charge >= 0.3 is 0 Å². The second-order valence-electron chi connectivity index (χ2n) is 3.78. The van der Waals surface area contributed by atoms with E-state index in [0.29, 0.717) is 6.04 Å². The van der Waals surface area contributed by atoms with Crippen LogP contribution in [-0.2, 0) is 0 Å². The first kappa shape index (κ1) is 11.3. The molecule has 0 amide bonds. The van der Waals surface area contributed by atoms with Crippen LogP contribution in [0.2, 0.25) is 0 Å². The molecule has 1 saturated heterocycles. The molecule has 1 heterocycles. The van der Waals surface area contributed by atoms with E-state index >= 15 is 0 Å². The molecule has 1 fully saturated rings. The first-order valence-corrected chi connectivity index (χ1v) is 6.53. The van der Waals surface area contributed by atoms with Gasteiger partial charge in [-0.05, 0) is 26.3 Å². The summed E-state index contributed by atoms with van der Waals surface area (Å²) < 4.78 is 0. The molecule has 1 aliphatic rings. The van der Waals surface area contributed by atoms with Gasteiger partial charge in [0.15, 0.2) is 0 Å². The molecular weight excluding hydrogens is 180 g/mol. The molecule has 0 aromatic heterocycles. The van der Waals surface area contributed by atoms with Crippen LogP contribution in [0, 0.1) is 0 Å². The van der Waals surface area contributed by atoms with E-state index in [1.54, 1.807) is 0 Å². The fraction of sp³-hybridized carbons (Fsp3) is 1.00. The summed E-state index contributed by atoms with van der Waals surface area (Å²) in [5.74, 6) is 2.58. The third kappa shape index (κ3) is 4.89. The van der Waals surface area contributed by atoms with Crippen molar-refractivity contribution in [1.29, 1.82) is 0 Å². The van der Waals surface area contributed by atoms with Crippen LogP contribution in [0.15, 0.2) is 0 Å². The van der Waals surface area contributed by atoms with Gasteiger partial charge in [-0.25, -0.2) is 0 Å². The van der Waals surface area contributed by atoms with E-state index in [1.165, 1.54) is 30.9 Å². The van der Waals surface area contributed by atoms with Crippen LogP contribution < -0.4 is 10.6 Å². The lowest BCUT2D eigenvalue weighted by atomic mass is 10.2. The summed E-state index contributed by atoms with van der Waals surface area (Å²) >= 11 is 2.08. The molecule has 0 bridgehead atoms. The average Bonchev–Trinajstić information content (AvgIpc) is 2.19. The lowest BCUT2D eigenvalue weighted by Gasteiger charge is -2.23. The topological polar surface area (TPSA) is 24.1 Å². The normalized spacial score (nSPS) is 25.8. The quantitative estimate of drug-likeness (QED) is 0.706. The summed E-state index contributed by atoms with van der Waals surface area (Å²) in [7, 11) is 0. The van der Waals surface area contributed by atoms with Gasteiger partial charge in [0.25, 0.3) is 0 Å². The summed E-state index contributed by atoms with van der Waals surface area (Å²) in [6.45, 7) is 6.83. The summed E-state index contributed by atoms with van der Waals surface area (Å²) in [4.78, 5) is 0. The molecule has 0 radical (unpaired) electrons. The molecule has 3 heteroatoms. The zero-order chi connectivity index (χ0) is 9.52. The molecule has 0 aromatic rings. The van der Waals surface area contributed by atoms with Gasteiger partial charge in [0.2, 0.25) is 0 Å². The molecule has 0 aromatic carbocycles. The average molecular weight is 202 g/mol. The van der Waals surface area contributed by atoms with Gasteiger partial charge in [0, 0.05) is 30.1 Å². The third-order valence-corrected chi connectivity index (χ3v) is 3.73. The summed E-state index contributed by atoms with van der Waals surface area (Å²) in [6, 6.07) is 1.42. The van der Waals surface area contributed by atoms with Crippen molar-refractivity contribution >= 4 is 11.8 Å². The Morgan fingerprint density at radius 1 is 1.62 bits per heavy atom. The van der Waals surface area contributed by atoms with Gasteiger partial charge in [-0.15, -0.1) is 0 Å². The van der Waals surface area contributed by atoms with Crippen LogP contribution >= 0.6 is 11.8 Å². The maximum Gasteiger partial charge on any atom is 0.0170 e. The molecule has 2 atom stereocenters. The SMILES string of the molecule is CCC(C)NCCC1CSCCN1. The van der Waals surface area contributed by atoms with Crippen LogP contribution in [-0.4, -0.2) is 36.7 Å². The minimum absolute atomic E-state index is 0.677. The molecule has 1 rings (SSSR count). The molecule has 1 aliphatic heterocycles. The Bertz CT molecular complexity index is 124. The van der Waals surface area contributed by atoms with Crippen molar-refractivity contribution in [3.05, 3.63) is 0 Å². The number of thioether (sulfide) groups is 1. The smallest absolute Gasteiger partial charge is 0.0170 e. The first-order valence-electron chi connectivity index (χ1n) is 5.37. The Hall–Kier alpha value is 0.270. The highest BCUT2D eigenvalue weighted by Gasteiger charge is 2.11. The predicted molar refractivity (Wildman–Crippen MR) is 61.5 cm³/mol. The fourth-order valence-electron chi connectivity index (χ4n) is 1.45. The van der Waals surface area contributed by atoms with Crippen LogP contribution in [0.4, 0.5) is 0 Å². The standard InChI is InChI=1S/C10H22N2S/c1-3-9(2)11-5-4-10-8-13-7-6-12-10/h9-12H,3-8H2,1-2H3. The Labute approximate surface area is 86.2 Å². The highest BCUT2D eigenvalue weighted by atomic mass is 32.2. The second kappa shape index (κ2) is 6.68. The Balaban J connectivity index is 1.98. The van der Waals surface area contributed by atoms with E-state index in [0.717, 1.165) is 12.6 Å². The van der Waals surface area contributed by atoms with E-state index in [1.807, 2.05) is 0 Å². The largest absolute Gasteiger partial charge is 0.314 e. The lowest BCUT2D eigenvalue weighted by Crippen LogP contribution is -2.40. The highest BCUT2D eigenvalue weighted by Crippen LogP contribution is 2.09. The Kier molecular flexibility index (Phi) is 5.83. The van der Waals surface area contributed by atoms with E-state index in [-0.39, 0.29) is 0 Å². The molecular formula is C10H22N2S. The molecule has 2 unspecified atom stereocenters. The molecule has 2 nitrogen and oxygen atoms in total. The van der Waals surface area contributed by atoms with Crippen LogP contribution in [0.25, 0.3) is 0 Å². The number of hydrogen-bond donors (Lipinski definition) is 2. The van der Waals surface area contributed by atoms with Crippen molar-refractivity contribution in [1.82, 2.24) is 10.6 Å². The van der Waals surface area contributed by atoms with E-state index in [9.17, 15) is 0 Å². The minimum Gasteiger partial charge on any atom is -0.314 e. The Morgan fingerprint density at radius 2 is 2.46 bits per heavy atom. The molecule has 13 heavy (non-hydrogen) atoms. The summed E-state index contributed by atoms with van der Waals surface area (Å²) in [5.41, 5.74) is 0. The zero-order valence-corrected chi connectivity index (χ0v) is 9.62. The van der Waals surface area contributed by atoms with Gasteiger partial charge in [-0.2, -0.15) is 11.8 Å². The van der Waals surface area contributed by atoms with Gasteiger partial charge in [0.1, 0.15) is 0 Å². The highest BCUT2D eigenvalue weighted by molar-refractivity contribution is 7.99. The zero-order valence-electron chi connectivity index (χ0n) is 8.81.